The lowest BCUT2D eigenvalue weighted by Gasteiger charge is -2.10. The molecule has 0 bridgehead atoms. The van der Waals surface area contributed by atoms with Gasteiger partial charge in [0.2, 0.25) is 0 Å². The standard InChI is InChI=1S/C17H26O3.C15H22O3.C13H18O3/c1-15(14-17(18)19-2)10-6-3-4-9-13-20-16-11-7-5-8-12-16;1-13(12-15(16)17-2)8-6-7-11-18-14-9-4-3-5-10-14;1-11(10-13(14)15-2)8-9-16-12-6-4-3-5-7-12/h5,7-8,11-12,15H,3-4,6,9-10,13-14H2,1-2H3;3-5,9-10,13H,6-8,11-12H2,1-2H3;3-7,11H,8-10H2,1-2H3. The van der Waals surface area contributed by atoms with Crippen molar-refractivity contribution in [1.82, 2.24) is 0 Å². The first-order valence-corrected chi connectivity index (χ1v) is 19.4. The maximum atomic E-state index is 11.1. The summed E-state index contributed by atoms with van der Waals surface area (Å²) in [6.45, 7) is 8.34. The van der Waals surface area contributed by atoms with Gasteiger partial charge in [-0.05, 0) is 79.8 Å². The molecule has 3 unspecified atom stereocenters. The Kier molecular flexibility index (Phi) is 28.1. The summed E-state index contributed by atoms with van der Waals surface area (Å²) in [5.74, 6) is 3.43. The van der Waals surface area contributed by atoms with Gasteiger partial charge in [-0.25, -0.2) is 0 Å². The molecular formula is C45H66O9. The van der Waals surface area contributed by atoms with E-state index in [4.69, 9.17) is 14.2 Å². The number of hydrogen-bond donors (Lipinski definition) is 0. The fourth-order valence-corrected chi connectivity index (χ4v) is 5.26. The van der Waals surface area contributed by atoms with Crippen LogP contribution < -0.4 is 14.2 Å². The number of ether oxygens (including phenoxy) is 6. The molecule has 9 heteroatoms. The summed E-state index contributed by atoms with van der Waals surface area (Å²) in [6.07, 6.45) is 11.2. The van der Waals surface area contributed by atoms with Crippen molar-refractivity contribution in [1.29, 1.82) is 0 Å². The molecule has 9 nitrogen and oxygen atoms in total. The molecule has 0 aliphatic heterocycles. The van der Waals surface area contributed by atoms with Crippen molar-refractivity contribution in [2.45, 2.75) is 97.8 Å². The van der Waals surface area contributed by atoms with Gasteiger partial charge in [0.05, 0.1) is 41.2 Å². The van der Waals surface area contributed by atoms with Gasteiger partial charge in [-0.3, -0.25) is 14.4 Å². The van der Waals surface area contributed by atoms with Crippen LogP contribution in [0.5, 0.6) is 17.2 Å². The molecule has 0 fully saturated rings. The third kappa shape index (κ3) is 27.1. The molecule has 3 rings (SSSR count). The molecule has 0 radical (unpaired) electrons. The highest BCUT2D eigenvalue weighted by Crippen LogP contribution is 2.16. The van der Waals surface area contributed by atoms with E-state index in [1.54, 1.807) is 0 Å². The number of esters is 3. The molecule has 0 aliphatic carbocycles. The number of methoxy groups -OCH3 is 3. The minimum atomic E-state index is -0.160. The van der Waals surface area contributed by atoms with Crippen LogP contribution in [-0.2, 0) is 28.6 Å². The quantitative estimate of drug-likeness (QED) is 0.0502. The van der Waals surface area contributed by atoms with Crippen molar-refractivity contribution in [3.63, 3.8) is 0 Å². The number of hydrogen-bond acceptors (Lipinski definition) is 9. The lowest BCUT2D eigenvalue weighted by atomic mass is 9.99. The van der Waals surface area contributed by atoms with Gasteiger partial charge in [-0.1, -0.05) is 107 Å². The normalized spacial score (nSPS) is 11.9. The van der Waals surface area contributed by atoms with Crippen molar-refractivity contribution in [2.75, 3.05) is 41.2 Å². The molecule has 0 aromatic heterocycles. The number of carbonyl (C=O) groups is 3. The Morgan fingerprint density at radius 1 is 0.407 bits per heavy atom. The van der Waals surface area contributed by atoms with Gasteiger partial charge >= 0.3 is 17.9 Å². The first kappa shape index (κ1) is 47.5. The van der Waals surface area contributed by atoms with Gasteiger partial charge in [0.1, 0.15) is 17.2 Å². The summed E-state index contributed by atoms with van der Waals surface area (Å²) < 4.78 is 30.7. The van der Waals surface area contributed by atoms with E-state index in [-0.39, 0.29) is 23.8 Å². The van der Waals surface area contributed by atoms with E-state index in [0.717, 1.165) is 69.0 Å². The molecule has 3 atom stereocenters. The molecule has 3 aromatic rings. The van der Waals surface area contributed by atoms with E-state index in [1.807, 2.05) is 97.9 Å². The maximum absolute atomic E-state index is 11.1. The largest absolute Gasteiger partial charge is 0.494 e. The van der Waals surface area contributed by atoms with Gasteiger partial charge in [-0.2, -0.15) is 0 Å². The lowest BCUT2D eigenvalue weighted by molar-refractivity contribution is -0.142. The third-order valence-electron chi connectivity index (χ3n) is 8.56. The second-order valence-electron chi connectivity index (χ2n) is 13.6. The second kappa shape index (κ2) is 31.9. The van der Waals surface area contributed by atoms with Crippen LogP contribution in [0.2, 0.25) is 0 Å². The lowest BCUT2D eigenvalue weighted by Crippen LogP contribution is -2.10. The summed E-state index contributed by atoms with van der Waals surface area (Å²) in [5, 5.41) is 0. The molecule has 3 aromatic carbocycles. The smallest absolute Gasteiger partial charge is 0.305 e. The Morgan fingerprint density at radius 3 is 1.07 bits per heavy atom. The Bertz CT molecular complexity index is 1340. The van der Waals surface area contributed by atoms with Crippen LogP contribution in [0.1, 0.15) is 97.8 Å². The average molecular weight is 751 g/mol. The van der Waals surface area contributed by atoms with Crippen molar-refractivity contribution in [3.05, 3.63) is 91.0 Å². The zero-order valence-corrected chi connectivity index (χ0v) is 33.7. The molecule has 0 saturated heterocycles. The second-order valence-corrected chi connectivity index (χ2v) is 13.6. The summed E-state index contributed by atoms with van der Waals surface area (Å²) in [5.41, 5.74) is 0. The van der Waals surface area contributed by atoms with E-state index < -0.39 is 0 Å². The molecule has 0 aliphatic rings. The summed E-state index contributed by atoms with van der Waals surface area (Å²) >= 11 is 0. The molecule has 300 valence electrons. The number of para-hydroxylation sites is 3. The Balaban J connectivity index is 0.000000408. The minimum Gasteiger partial charge on any atom is -0.494 e. The van der Waals surface area contributed by atoms with Crippen LogP contribution in [0.15, 0.2) is 91.0 Å². The first-order valence-electron chi connectivity index (χ1n) is 19.4. The van der Waals surface area contributed by atoms with Gasteiger partial charge < -0.3 is 28.4 Å². The summed E-state index contributed by atoms with van der Waals surface area (Å²) in [7, 11) is 4.29. The highest BCUT2D eigenvalue weighted by atomic mass is 16.5. The minimum absolute atomic E-state index is 0.103. The topological polar surface area (TPSA) is 107 Å². The van der Waals surface area contributed by atoms with Gasteiger partial charge in [0.15, 0.2) is 0 Å². The molecule has 0 amide bonds. The number of unbranched alkanes of at least 4 members (excludes halogenated alkanes) is 4. The molecule has 0 heterocycles. The molecule has 0 spiro atoms. The van der Waals surface area contributed by atoms with Crippen LogP contribution >= 0.6 is 0 Å². The molecule has 54 heavy (non-hydrogen) atoms. The first-order chi connectivity index (χ1) is 26.2. The average Bonchev–Trinajstić information content (AvgIpc) is 3.19. The summed E-state index contributed by atoms with van der Waals surface area (Å²) in [4.78, 5) is 33.1. The fourth-order valence-electron chi connectivity index (χ4n) is 5.26. The van der Waals surface area contributed by atoms with Crippen LogP contribution in [0.4, 0.5) is 0 Å². The maximum Gasteiger partial charge on any atom is 0.305 e. The van der Waals surface area contributed by atoms with E-state index in [2.05, 4.69) is 28.1 Å². The zero-order valence-electron chi connectivity index (χ0n) is 33.7. The fraction of sp³-hybridized carbons (Fsp3) is 0.533. The zero-order chi connectivity index (χ0) is 39.7. The predicted molar refractivity (Wildman–Crippen MR) is 215 cm³/mol. The highest BCUT2D eigenvalue weighted by molar-refractivity contribution is 5.70. The van der Waals surface area contributed by atoms with E-state index in [1.165, 1.54) is 40.6 Å². The van der Waals surface area contributed by atoms with E-state index in [0.29, 0.717) is 37.7 Å². The van der Waals surface area contributed by atoms with Crippen molar-refractivity contribution in [3.8, 4) is 17.2 Å². The Morgan fingerprint density at radius 2 is 0.704 bits per heavy atom. The van der Waals surface area contributed by atoms with Crippen molar-refractivity contribution in [2.24, 2.45) is 17.8 Å². The summed E-state index contributed by atoms with van der Waals surface area (Å²) in [6, 6.07) is 29.4. The molecule has 0 N–H and O–H groups in total. The van der Waals surface area contributed by atoms with Crippen molar-refractivity contribution < 1.29 is 42.8 Å². The Hall–Kier alpha value is -4.53. The third-order valence-corrected chi connectivity index (χ3v) is 8.56. The van der Waals surface area contributed by atoms with Gasteiger partial charge in [0.25, 0.3) is 0 Å². The highest BCUT2D eigenvalue weighted by Gasteiger charge is 2.10. The number of benzene rings is 3. The van der Waals surface area contributed by atoms with E-state index in [9.17, 15) is 14.4 Å². The van der Waals surface area contributed by atoms with Gasteiger partial charge in [0, 0.05) is 19.3 Å². The van der Waals surface area contributed by atoms with Gasteiger partial charge in [-0.15, -0.1) is 0 Å². The number of carbonyl (C=O) groups excluding carboxylic acids is 3. The van der Waals surface area contributed by atoms with Crippen molar-refractivity contribution >= 4 is 17.9 Å². The van der Waals surface area contributed by atoms with Crippen LogP contribution in [-0.4, -0.2) is 59.1 Å². The Labute approximate surface area is 325 Å². The van der Waals surface area contributed by atoms with Crippen LogP contribution in [0, 0.1) is 17.8 Å². The molecular weight excluding hydrogens is 684 g/mol. The predicted octanol–water partition coefficient (Wildman–Crippen LogP) is 10.3. The monoisotopic (exact) mass is 750 g/mol. The van der Waals surface area contributed by atoms with Crippen LogP contribution in [0.25, 0.3) is 0 Å². The molecule has 0 saturated carbocycles. The SMILES string of the molecule is COC(=O)CC(C)CCCCCCOc1ccccc1.COC(=O)CC(C)CCCCOc1ccccc1.COC(=O)CC(C)CCOc1ccccc1. The van der Waals surface area contributed by atoms with E-state index >= 15 is 0 Å². The number of rotatable bonds is 24. The van der Waals surface area contributed by atoms with Crippen LogP contribution in [0.3, 0.4) is 0 Å².